The molecule has 30 heavy (non-hydrogen) atoms. The number of hydrogen-bond donors (Lipinski definition) is 2. The summed E-state index contributed by atoms with van der Waals surface area (Å²) in [5, 5.41) is 5.73. The number of nitrogens with zero attached hydrogens (tertiary/aromatic N) is 1. The smallest absolute Gasteiger partial charge is 0.253 e. The van der Waals surface area contributed by atoms with Gasteiger partial charge in [0, 0.05) is 19.7 Å². The lowest BCUT2D eigenvalue weighted by Gasteiger charge is -2.32. The fourth-order valence-electron chi connectivity index (χ4n) is 3.47. The lowest BCUT2D eigenvalue weighted by molar-refractivity contribution is -0.129. The van der Waals surface area contributed by atoms with Crippen LogP contribution in [0.1, 0.15) is 54.7 Å². The van der Waals surface area contributed by atoms with E-state index in [9.17, 15) is 14.4 Å². The molecule has 6 nitrogen and oxygen atoms in total. The van der Waals surface area contributed by atoms with Crippen LogP contribution in [0.5, 0.6) is 0 Å². The predicted molar refractivity (Wildman–Crippen MR) is 118 cm³/mol. The van der Waals surface area contributed by atoms with Gasteiger partial charge in [-0.05, 0) is 35.3 Å². The molecule has 2 aromatic rings. The zero-order chi connectivity index (χ0) is 21.7. The van der Waals surface area contributed by atoms with Crippen LogP contribution in [0.15, 0.2) is 54.7 Å². The summed E-state index contributed by atoms with van der Waals surface area (Å²) in [6, 6.07) is 14.2. The third-order valence-electron chi connectivity index (χ3n) is 4.96. The maximum absolute atomic E-state index is 12.9. The zero-order valence-corrected chi connectivity index (χ0v) is 17.5. The lowest BCUT2D eigenvalue weighted by atomic mass is 9.93. The van der Waals surface area contributed by atoms with Crippen LogP contribution in [0.4, 0.5) is 5.69 Å². The van der Waals surface area contributed by atoms with Crippen LogP contribution in [-0.2, 0) is 9.59 Å². The minimum atomic E-state index is -0.398. The van der Waals surface area contributed by atoms with E-state index in [1.807, 2.05) is 44.2 Å². The molecule has 1 aliphatic rings. The van der Waals surface area contributed by atoms with Gasteiger partial charge in [-0.3, -0.25) is 14.4 Å². The Morgan fingerprint density at radius 3 is 2.47 bits per heavy atom. The molecule has 3 amide bonds. The lowest BCUT2D eigenvalue weighted by Crippen LogP contribution is -2.33. The quantitative estimate of drug-likeness (QED) is 0.763. The molecule has 6 heteroatoms. The first-order valence-electron chi connectivity index (χ1n) is 10.1. The van der Waals surface area contributed by atoms with Crippen LogP contribution >= 0.6 is 0 Å². The van der Waals surface area contributed by atoms with E-state index in [1.54, 1.807) is 35.4 Å². The molecule has 0 aliphatic carbocycles. The van der Waals surface area contributed by atoms with Crippen molar-refractivity contribution in [1.29, 1.82) is 0 Å². The molecule has 0 aromatic heterocycles. The van der Waals surface area contributed by atoms with E-state index < -0.39 is 6.04 Å². The third-order valence-corrected chi connectivity index (χ3v) is 4.96. The first-order valence-corrected chi connectivity index (χ1v) is 10.1. The van der Waals surface area contributed by atoms with Gasteiger partial charge in [-0.25, -0.2) is 0 Å². The number of anilines is 1. The van der Waals surface area contributed by atoms with Crippen molar-refractivity contribution in [3.63, 3.8) is 0 Å². The number of carbonyl (C=O) groups excluding carboxylic acids is 3. The van der Waals surface area contributed by atoms with Gasteiger partial charge < -0.3 is 15.5 Å². The van der Waals surface area contributed by atoms with Gasteiger partial charge in [0.25, 0.3) is 5.91 Å². The summed E-state index contributed by atoms with van der Waals surface area (Å²) in [4.78, 5) is 39.1. The molecule has 0 bridgehead atoms. The van der Waals surface area contributed by atoms with Gasteiger partial charge in [-0.1, -0.05) is 50.2 Å². The molecule has 1 aliphatic heterocycles. The summed E-state index contributed by atoms with van der Waals surface area (Å²) < 4.78 is 0. The second-order valence-corrected chi connectivity index (χ2v) is 7.79. The minimum absolute atomic E-state index is 0.0862. The fourth-order valence-corrected chi connectivity index (χ4v) is 3.47. The predicted octanol–water partition coefficient (Wildman–Crippen LogP) is 3.98. The summed E-state index contributed by atoms with van der Waals surface area (Å²) >= 11 is 0. The molecule has 3 rings (SSSR count). The highest BCUT2D eigenvalue weighted by molar-refractivity contribution is 6.04. The topological polar surface area (TPSA) is 78.5 Å². The number of nitrogens with one attached hydrogen (secondary N) is 2. The van der Waals surface area contributed by atoms with Crippen molar-refractivity contribution in [1.82, 2.24) is 10.2 Å². The van der Waals surface area contributed by atoms with Crippen LogP contribution in [0.2, 0.25) is 0 Å². The normalized spacial score (nSPS) is 14.9. The Bertz CT molecular complexity index is 981. The molecular weight excluding hydrogens is 378 g/mol. The van der Waals surface area contributed by atoms with Gasteiger partial charge in [0.15, 0.2) is 0 Å². The monoisotopic (exact) mass is 405 g/mol. The summed E-state index contributed by atoms with van der Waals surface area (Å²) in [6.07, 6.45) is 3.68. The molecule has 1 heterocycles. The molecule has 0 saturated heterocycles. The second-order valence-electron chi connectivity index (χ2n) is 7.79. The summed E-state index contributed by atoms with van der Waals surface area (Å²) in [7, 11) is 0. The van der Waals surface area contributed by atoms with Crippen molar-refractivity contribution >= 4 is 29.5 Å². The van der Waals surface area contributed by atoms with E-state index in [-0.39, 0.29) is 24.1 Å². The molecule has 0 radical (unpaired) electrons. The molecule has 2 N–H and O–H groups in total. The highest BCUT2D eigenvalue weighted by Crippen LogP contribution is 2.33. The van der Waals surface area contributed by atoms with Crippen molar-refractivity contribution in [3.8, 4) is 0 Å². The molecule has 1 unspecified atom stereocenters. The van der Waals surface area contributed by atoms with E-state index in [1.165, 1.54) is 6.92 Å². The van der Waals surface area contributed by atoms with Crippen molar-refractivity contribution < 1.29 is 14.4 Å². The maximum atomic E-state index is 12.9. The van der Waals surface area contributed by atoms with Gasteiger partial charge in [0.2, 0.25) is 11.8 Å². The number of carbonyl (C=O) groups is 3. The second kappa shape index (κ2) is 9.39. The Balaban J connectivity index is 1.78. The highest BCUT2D eigenvalue weighted by atomic mass is 16.2. The average molecular weight is 405 g/mol. The van der Waals surface area contributed by atoms with E-state index in [2.05, 4.69) is 10.6 Å². The zero-order valence-electron chi connectivity index (χ0n) is 17.5. The summed E-state index contributed by atoms with van der Waals surface area (Å²) in [5.41, 5.74) is 2.78. The van der Waals surface area contributed by atoms with Crippen LogP contribution in [-0.4, -0.2) is 29.2 Å². The van der Waals surface area contributed by atoms with Crippen LogP contribution in [0.25, 0.3) is 6.08 Å². The van der Waals surface area contributed by atoms with Crippen LogP contribution in [0.3, 0.4) is 0 Å². The average Bonchev–Trinajstić information content (AvgIpc) is 2.72. The van der Waals surface area contributed by atoms with E-state index in [0.717, 1.165) is 11.1 Å². The van der Waals surface area contributed by atoms with E-state index in [0.29, 0.717) is 23.7 Å². The van der Waals surface area contributed by atoms with Crippen molar-refractivity contribution in [2.45, 2.75) is 33.2 Å². The Labute approximate surface area is 177 Å². The maximum Gasteiger partial charge on any atom is 0.253 e. The SMILES string of the molecule is CC(=O)N1C=Cc2ccccc2C1CC(=O)Nc1ccccc1C(=O)NCC(C)C. The number of amides is 3. The standard InChI is InChI=1S/C24H27N3O3/c1-16(2)15-25-24(30)20-10-6-7-11-21(20)26-23(29)14-22-19-9-5-4-8-18(19)12-13-27(22)17(3)28/h4-13,16,22H,14-15H2,1-3H3,(H,25,30)(H,26,29). The highest BCUT2D eigenvalue weighted by Gasteiger charge is 2.28. The Morgan fingerprint density at radius 2 is 1.73 bits per heavy atom. The van der Waals surface area contributed by atoms with E-state index in [4.69, 9.17) is 0 Å². The fraction of sp³-hybridized carbons (Fsp3) is 0.292. The van der Waals surface area contributed by atoms with Gasteiger partial charge in [-0.15, -0.1) is 0 Å². The molecule has 0 fully saturated rings. The molecule has 2 aromatic carbocycles. The molecule has 1 atom stereocenters. The molecule has 0 saturated carbocycles. The van der Waals surface area contributed by atoms with E-state index >= 15 is 0 Å². The number of benzene rings is 2. The summed E-state index contributed by atoms with van der Waals surface area (Å²) in [5.74, 6) is -0.295. The van der Waals surface area contributed by atoms with Gasteiger partial charge in [0.1, 0.15) is 0 Å². The third kappa shape index (κ3) is 4.95. The molecule has 156 valence electrons. The first-order chi connectivity index (χ1) is 14.4. The Morgan fingerprint density at radius 1 is 1.03 bits per heavy atom. The van der Waals surface area contributed by atoms with Gasteiger partial charge in [-0.2, -0.15) is 0 Å². The number of hydrogen-bond acceptors (Lipinski definition) is 3. The summed E-state index contributed by atoms with van der Waals surface area (Å²) in [6.45, 7) is 6.08. The minimum Gasteiger partial charge on any atom is -0.352 e. The van der Waals surface area contributed by atoms with Crippen LogP contribution < -0.4 is 10.6 Å². The number of rotatable bonds is 6. The van der Waals surface area contributed by atoms with Crippen LogP contribution in [0, 0.1) is 5.92 Å². The largest absolute Gasteiger partial charge is 0.352 e. The van der Waals surface area contributed by atoms with Crippen molar-refractivity contribution in [3.05, 3.63) is 71.4 Å². The van der Waals surface area contributed by atoms with Crippen molar-refractivity contribution in [2.24, 2.45) is 5.92 Å². The van der Waals surface area contributed by atoms with Gasteiger partial charge in [0.05, 0.1) is 23.7 Å². The molecule has 0 spiro atoms. The van der Waals surface area contributed by atoms with Crippen molar-refractivity contribution in [2.75, 3.05) is 11.9 Å². The Hall–Kier alpha value is -3.41. The number of fused-ring (bicyclic) bond motifs is 1. The first kappa shape index (κ1) is 21.3. The molecular formula is C24H27N3O3. The number of para-hydroxylation sites is 1. The Kier molecular flexibility index (Phi) is 6.67. The van der Waals surface area contributed by atoms with Gasteiger partial charge >= 0.3 is 0 Å².